The number of hydrogen-bond donors (Lipinski definition) is 0. The molecule has 0 unspecified atom stereocenters. The van der Waals surface area contributed by atoms with Crippen LogP contribution in [0.2, 0.25) is 0 Å². The quantitative estimate of drug-likeness (QED) is 0.518. The highest BCUT2D eigenvalue weighted by atomic mass is 16.6. The van der Waals surface area contributed by atoms with Crippen molar-refractivity contribution in [1.29, 1.82) is 0 Å². The number of para-hydroxylation sites is 2. The Hall–Kier alpha value is -2.55. The van der Waals surface area contributed by atoms with Crippen molar-refractivity contribution < 1.29 is 4.84 Å². The third kappa shape index (κ3) is 2.07. The highest BCUT2D eigenvalue weighted by molar-refractivity contribution is 6.09. The molecule has 0 bridgehead atoms. The van der Waals surface area contributed by atoms with E-state index < -0.39 is 0 Å². The van der Waals surface area contributed by atoms with Crippen molar-refractivity contribution in [3.63, 3.8) is 0 Å². The van der Waals surface area contributed by atoms with Crippen molar-refractivity contribution in [2.45, 2.75) is 6.92 Å². The van der Waals surface area contributed by atoms with Gasteiger partial charge in [-0.1, -0.05) is 41.6 Å². The van der Waals surface area contributed by atoms with Crippen LogP contribution >= 0.6 is 0 Å². The minimum Gasteiger partial charge on any atom is -0.399 e. The summed E-state index contributed by atoms with van der Waals surface area (Å²) in [6, 6.07) is 18.6. The van der Waals surface area contributed by atoms with E-state index in [1.807, 2.05) is 37.3 Å². The molecule has 3 nitrogen and oxygen atoms in total. The van der Waals surface area contributed by atoms with Crippen molar-refractivity contribution in [1.82, 2.24) is 4.57 Å². The molecule has 20 heavy (non-hydrogen) atoms. The number of nitrogens with zero attached hydrogens (tertiary/aromatic N) is 2. The van der Waals surface area contributed by atoms with Gasteiger partial charge in [-0.2, -0.15) is 0 Å². The average Bonchev–Trinajstić information content (AvgIpc) is 2.88. The Morgan fingerprint density at radius 1 is 1.00 bits per heavy atom. The van der Waals surface area contributed by atoms with Gasteiger partial charge in [0.2, 0.25) is 0 Å². The summed E-state index contributed by atoms with van der Waals surface area (Å²) < 4.78 is 2.18. The molecule has 0 radical (unpaired) electrons. The zero-order valence-corrected chi connectivity index (χ0v) is 11.6. The summed E-state index contributed by atoms with van der Waals surface area (Å²) >= 11 is 0. The van der Waals surface area contributed by atoms with E-state index in [1.54, 1.807) is 7.11 Å². The molecular formula is C17H16N2O. The minimum absolute atomic E-state index is 0.874. The van der Waals surface area contributed by atoms with Crippen molar-refractivity contribution in [2.75, 3.05) is 7.11 Å². The first kappa shape index (κ1) is 12.5. The van der Waals surface area contributed by atoms with Crippen LogP contribution in [-0.2, 0) is 4.84 Å². The van der Waals surface area contributed by atoms with Gasteiger partial charge in [0.1, 0.15) is 7.11 Å². The van der Waals surface area contributed by atoms with Crippen LogP contribution in [0.3, 0.4) is 0 Å². The van der Waals surface area contributed by atoms with E-state index in [9.17, 15) is 0 Å². The van der Waals surface area contributed by atoms with E-state index in [2.05, 4.69) is 40.2 Å². The molecule has 0 spiro atoms. The van der Waals surface area contributed by atoms with Crippen LogP contribution in [0.1, 0.15) is 12.5 Å². The number of fused-ring (bicyclic) bond motifs is 1. The number of oxime groups is 1. The van der Waals surface area contributed by atoms with Gasteiger partial charge in [0.05, 0.1) is 11.2 Å². The average molecular weight is 264 g/mol. The lowest BCUT2D eigenvalue weighted by molar-refractivity contribution is 0.213. The maximum Gasteiger partial charge on any atom is 0.106 e. The van der Waals surface area contributed by atoms with Crippen molar-refractivity contribution in [2.24, 2.45) is 5.16 Å². The lowest BCUT2D eigenvalue weighted by atomic mass is 10.1. The Bertz CT molecular complexity index is 757. The van der Waals surface area contributed by atoms with Crippen LogP contribution in [-0.4, -0.2) is 17.4 Å². The van der Waals surface area contributed by atoms with Crippen molar-refractivity contribution >= 4 is 16.6 Å². The van der Waals surface area contributed by atoms with Crippen LogP contribution < -0.4 is 0 Å². The highest BCUT2D eigenvalue weighted by Crippen LogP contribution is 2.25. The Morgan fingerprint density at radius 3 is 2.45 bits per heavy atom. The Morgan fingerprint density at radius 2 is 1.70 bits per heavy atom. The second-order valence-electron chi connectivity index (χ2n) is 4.62. The summed E-state index contributed by atoms with van der Waals surface area (Å²) in [6.07, 6.45) is 2.11. The normalized spacial score (nSPS) is 11.8. The van der Waals surface area contributed by atoms with Crippen LogP contribution in [0.25, 0.3) is 16.6 Å². The summed E-state index contributed by atoms with van der Waals surface area (Å²) in [5, 5.41) is 5.23. The summed E-state index contributed by atoms with van der Waals surface area (Å²) in [7, 11) is 1.57. The molecule has 0 fully saturated rings. The predicted octanol–water partition coefficient (Wildman–Crippen LogP) is 4.00. The molecule has 0 N–H and O–H groups in total. The van der Waals surface area contributed by atoms with Gasteiger partial charge in [-0.3, -0.25) is 0 Å². The Balaban J connectivity index is 2.27. The van der Waals surface area contributed by atoms with Gasteiger partial charge in [-0.05, 0) is 25.1 Å². The van der Waals surface area contributed by atoms with Gasteiger partial charge in [0.25, 0.3) is 0 Å². The van der Waals surface area contributed by atoms with Crippen LogP contribution in [0, 0.1) is 0 Å². The SMILES string of the molecule is CO/N=C(/C)c1cn(-c2ccccc2)c2ccccc12. The van der Waals surface area contributed by atoms with Crippen LogP contribution in [0.15, 0.2) is 65.9 Å². The van der Waals surface area contributed by atoms with Crippen LogP contribution in [0.5, 0.6) is 0 Å². The second-order valence-corrected chi connectivity index (χ2v) is 4.62. The first-order valence-corrected chi connectivity index (χ1v) is 6.55. The van der Waals surface area contributed by atoms with E-state index in [4.69, 9.17) is 4.84 Å². The first-order valence-electron chi connectivity index (χ1n) is 6.55. The second kappa shape index (κ2) is 5.21. The molecule has 3 aromatic rings. The lowest BCUT2D eigenvalue weighted by Gasteiger charge is -2.04. The fourth-order valence-corrected chi connectivity index (χ4v) is 2.46. The van der Waals surface area contributed by atoms with E-state index in [-0.39, 0.29) is 0 Å². The topological polar surface area (TPSA) is 26.5 Å². The molecule has 0 aliphatic heterocycles. The molecular weight excluding hydrogens is 248 g/mol. The Kier molecular flexibility index (Phi) is 3.25. The third-order valence-electron chi connectivity index (χ3n) is 3.36. The van der Waals surface area contributed by atoms with E-state index in [0.717, 1.165) is 17.0 Å². The fraction of sp³-hybridized carbons (Fsp3) is 0.118. The standard InChI is InChI=1S/C17H16N2O/c1-13(18-20-2)16-12-19(14-8-4-3-5-9-14)17-11-7-6-10-15(16)17/h3-12H,1-2H3/b18-13-. The molecule has 0 atom stereocenters. The van der Waals surface area contributed by atoms with Gasteiger partial charge >= 0.3 is 0 Å². The fourth-order valence-electron chi connectivity index (χ4n) is 2.46. The number of rotatable bonds is 3. The molecule has 0 aliphatic rings. The molecule has 0 amide bonds. The third-order valence-corrected chi connectivity index (χ3v) is 3.36. The number of hydrogen-bond acceptors (Lipinski definition) is 2. The summed E-state index contributed by atoms with van der Waals surface area (Å²) in [5.41, 5.74) is 4.27. The molecule has 0 aliphatic carbocycles. The first-order chi connectivity index (χ1) is 9.81. The van der Waals surface area contributed by atoms with Gasteiger partial charge < -0.3 is 9.40 Å². The highest BCUT2D eigenvalue weighted by Gasteiger charge is 2.11. The minimum atomic E-state index is 0.874. The molecule has 0 saturated carbocycles. The van der Waals surface area contributed by atoms with Gasteiger partial charge in [-0.25, -0.2) is 0 Å². The molecule has 1 aromatic heterocycles. The lowest BCUT2D eigenvalue weighted by Crippen LogP contribution is -1.94. The Labute approximate surface area is 118 Å². The van der Waals surface area contributed by atoms with E-state index in [0.29, 0.717) is 0 Å². The zero-order valence-electron chi connectivity index (χ0n) is 11.6. The van der Waals surface area contributed by atoms with E-state index in [1.165, 1.54) is 10.9 Å². The number of benzene rings is 2. The largest absolute Gasteiger partial charge is 0.399 e. The van der Waals surface area contributed by atoms with Gasteiger partial charge in [0, 0.05) is 22.8 Å². The summed E-state index contributed by atoms with van der Waals surface area (Å²) in [6.45, 7) is 1.96. The molecule has 1 heterocycles. The maximum atomic E-state index is 4.90. The predicted molar refractivity (Wildman–Crippen MR) is 82.5 cm³/mol. The molecule has 0 saturated heterocycles. The van der Waals surface area contributed by atoms with Crippen LogP contribution in [0.4, 0.5) is 0 Å². The van der Waals surface area contributed by atoms with Gasteiger partial charge in [-0.15, -0.1) is 0 Å². The smallest absolute Gasteiger partial charge is 0.106 e. The molecule has 100 valence electrons. The maximum absolute atomic E-state index is 4.90. The van der Waals surface area contributed by atoms with Gasteiger partial charge in [0.15, 0.2) is 0 Å². The monoisotopic (exact) mass is 264 g/mol. The number of aromatic nitrogens is 1. The molecule has 3 heteroatoms. The molecule has 2 aromatic carbocycles. The van der Waals surface area contributed by atoms with Crippen molar-refractivity contribution in [3.05, 3.63) is 66.4 Å². The molecule has 3 rings (SSSR count). The zero-order chi connectivity index (χ0) is 13.9. The summed E-state index contributed by atoms with van der Waals surface area (Å²) in [5.74, 6) is 0. The summed E-state index contributed by atoms with van der Waals surface area (Å²) in [4.78, 5) is 4.90. The van der Waals surface area contributed by atoms with E-state index >= 15 is 0 Å². The van der Waals surface area contributed by atoms with Crippen molar-refractivity contribution in [3.8, 4) is 5.69 Å².